The lowest BCUT2D eigenvalue weighted by molar-refractivity contribution is 1.02. The van der Waals surface area contributed by atoms with Gasteiger partial charge in [-0.1, -0.05) is 0 Å². The van der Waals surface area contributed by atoms with Crippen LogP contribution < -0.4 is 0 Å². The van der Waals surface area contributed by atoms with Gasteiger partial charge in [0, 0.05) is 12.4 Å². The molecule has 0 N–H and O–H groups in total. The summed E-state index contributed by atoms with van der Waals surface area (Å²) < 4.78 is 2.03. The maximum Gasteiger partial charge on any atom is 0.110 e. The highest BCUT2D eigenvalue weighted by atomic mass is 15.0. The maximum absolute atomic E-state index is 4.31. The van der Waals surface area contributed by atoms with Gasteiger partial charge in [-0.25, -0.2) is 4.98 Å². The van der Waals surface area contributed by atoms with Crippen LogP contribution in [0.3, 0.4) is 0 Å². The van der Waals surface area contributed by atoms with E-state index in [-0.39, 0.29) is 0 Å². The van der Waals surface area contributed by atoms with Crippen molar-refractivity contribution in [3.8, 4) is 0 Å². The fourth-order valence-corrected chi connectivity index (χ4v) is 1.27. The van der Waals surface area contributed by atoms with E-state index in [2.05, 4.69) is 9.97 Å². The van der Waals surface area contributed by atoms with Crippen LogP contribution in [0.5, 0.6) is 0 Å². The SMILES string of the molecule is Cc1nc(C)n2ccncc12. The summed E-state index contributed by atoms with van der Waals surface area (Å²) in [4.78, 5) is 8.34. The zero-order chi connectivity index (χ0) is 7.84. The molecule has 0 saturated heterocycles. The molecule has 11 heavy (non-hydrogen) atoms. The van der Waals surface area contributed by atoms with Crippen molar-refractivity contribution in [3.63, 3.8) is 0 Å². The second-order valence-corrected chi connectivity index (χ2v) is 2.58. The highest BCUT2D eigenvalue weighted by molar-refractivity contribution is 5.50. The van der Waals surface area contributed by atoms with Crippen LogP contribution in [0.4, 0.5) is 0 Å². The molecule has 0 spiro atoms. The van der Waals surface area contributed by atoms with E-state index < -0.39 is 0 Å². The molecular weight excluding hydrogens is 138 g/mol. The molecule has 2 rings (SSSR count). The smallest absolute Gasteiger partial charge is 0.110 e. The van der Waals surface area contributed by atoms with Gasteiger partial charge in [0.05, 0.1) is 17.4 Å². The first kappa shape index (κ1) is 6.34. The Bertz CT molecular complexity index is 353. The Morgan fingerprint density at radius 1 is 1.36 bits per heavy atom. The van der Waals surface area contributed by atoms with Crippen molar-refractivity contribution < 1.29 is 0 Å². The molecule has 2 aromatic rings. The molecule has 3 heteroatoms. The zero-order valence-corrected chi connectivity index (χ0v) is 6.57. The first-order valence-corrected chi connectivity index (χ1v) is 3.54. The number of rotatable bonds is 0. The molecule has 0 aliphatic carbocycles. The lowest BCUT2D eigenvalue weighted by atomic mass is 10.4. The molecule has 0 atom stereocenters. The molecule has 0 aromatic carbocycles. The van der Waals surface area contributed by atoms with Crippen molar-refractivity contribution >= 4 is 5.52 Å². The van der Waals surface area contributed by atoms with Crippen molar-refractivity contribution in [1.29, 1.82) is 0 Å². The van der Waals surface area contributed by atoms with Crippen LogP contribution in [0.1, 0.15) is 11.5 Å². The molecule has 0 amide bonds. The summed E-state index contributed by atoms with van der Waals surface area (Å²) >= 11 is 0. The van der Waals surface area contributed by atoms with Crippen molar-refractivity contribution in [3.05, 3.63) is 30.1 Å². The molecule has 2 heterocycles. The minimum Gasteiger partial charge on any atom is -0.301 e. The van der Waals surface area contributed by atoms with Gasteiger partial charge in [-0.2, -0.15) is 0 Å². The predicted molar refractivity (Wildman–Crippen MR) is 42.5 cm³/mol. The van der Waals surface area contributed by atoms with Crippen molar-refractivity contribution in [1.82, 2.24) is 14.4 Å². The topological polar surface area (TPSA) is 30.2 Å². The van der Waals surface area contributed by atoms with Crippen LogP contribution in [0.25, 0.3) is 5.52 Å². The van der Waals surface area contributed by atoms with Crippen LogP contribution in [-0.2, 0) is 0 Å². The van der Waals surface area contributed by atoms with E-state index in [1.165, 1.54) is 0 Å². The molecular formula is C8H9N3. The van der Waals surface area contributed by atoms with Gasteiger partial charge in [-0.3, -0.25) is 4.98 Å². The minimum atomic E-state index is 1.01. The first-order chi connectivity index (χ1) is 5.29. The number of fused-ring (bicyclic) bond motifs is 1. The van der Waals surface area contributed by atoms with Crippen molar-refractivity contribution in [2.45, 2.75) is 13.8 Å². The van der Waals surface area contributed by atoms with E-state index in [0.29, 0.717) is 0 Å². The predicted octanol–water partition coefficient (Wildman–Crippen LogP) is 1.35. The Kier molecular flexibility index (Phi) is 1.18. The normalized spacial score (nSPS) is 10.7. The maximum atomic E-state index is 4.31. The summed E-state index contributed by atoms with van der Waals surface area (Å²) in [6, 6.07) is 0. The third kappa shape index (κ3) is 0.808. The molecule has 56 valence electrons. The first-order valence-electron chi connectivity index (χ1n) is 3.54. The number of hydrogen-bond acceptors (Lipinski definition) is 2. The molecule has 0 saturated carbocycles. The van der Waals surface area contributed by atoms with Crippen LogP contribution in [0, 0.1) is 13.8 Å². The Labute approximate surface area is 64.7 Å². The van der Waals surface area contributed by atoms with Crippen molar-refractivity contribution in [2.24, 2.45) is 0 Å². The fraction of sp³-hybridized carbons (Fsp3) is 0.250. The van der Waals surface area contributed by atoms with Crippen LogP contribution in [-0.4, -0.2) is 14.4 Å². The quantitative estimate of drug-likeness (QED) is 0.563. The van der Waals surface area contributed by atoms with Gasteiger partial charge >= 0.3 is 0 Å². The van der Waals surface area contributed by atoms with Gasteiger partial charge < -0.3 is 4.40 Å². The lowest BCUT2D eigenvalue weighted by Crippen LogP contribution is -1.86. The van der Waals surface area contributed by atoms with Gasteiger partial charge in [-0.15, -0.1) is 0 Å². The van der Waals surface area contributed by atoms with E-state index >= 15 is 0 Å². The van der Waals surface area contributed by atoms with E-state index in [0.717, 1.165) is 17.0 Å². The Balaban J connectivity index is 2.95. The molecule has 3 nitrogen and oxygen atoms in total. The molecule has 0 unspecified atom stereocenters. The Hall–Kier alpha value is -1.38. The molecule has 0 aliphatic rings. The number of aryl methyl sites for hydroxylation is 2. The number of hydrogen-bond donors (Lipinski definition) is 0. The summed E-state index contributed by atoms with van der Waals surface area (Å²) in [5.41, 5.74) is 2.13. The van der Waals surface area contributed by atoms with Gasteiger partial charge in [0.15, 0.2) is 0 Å². The average Bonchev–Trinajstić information content (AvgIpc) is 2.30. The highest BCUT2D eigenvalue weighted by Crippen LogP contribution is 2.08. The molecule has 2 aromatic heterocycles. The van der Waals surface area contributed by atoms with Gasteiger partial charge in [0.25, 0.3) is 0 Å². The van der Waals surface area contributed by atoms with Crippen LogP contribution in [0.15, 0.2) is 18.6 Å². The third-order valence-corrected chi connectivity index (χ3v) is 1.81. The summed E-state index contributed by atoms with van der Waals surface area (Å²) in [5, 5.41) is 0. The number of imidazole rings is 1. The summed E-state index contributed by atoms with van der Waals surface area (Å²) in [7, 11) is 0. The zero-order valence-electron chi connectivity index (χ0n) is 6.57. The Morgan fingerprint density at radius 3 is 2.91 bits per heavy atom. The van der Waals surface area contributed by atoms with Crippen LogP contribution in [0.2, 0.25) is 0 Å². The lowest BCUT2D eigenvalue weighted by Gasteiger charge is -1.92. The van der Waals surface area contributed by atoms with Crippen molar-refractivity contribution in [2.75, 3.05) is 0 Å². The fourth-order valence-electron chi connectivity index (χ4n) is 1.27. The number of aromatic nitrogens is 3. The summed E-state index contributed by atoms with van der Waals surface area (Å²) in [5.74, 6) is 1.01. The second kappa shape index (κ2) is 2.05. The van der Waals surface area contributed by atoms with Gasteiger partial charge in [-0.05, 0) is 13.8 Å². The monoisotopic (exact) mass is 147 g/mol. The molecule has 0 bridgehead atoms. The standard InChI is InChI=1S/C8H9N3/c1-6-8-5-9-3-4-11(8)7(2)10-6/h3-5H,1-2H3. The molecule has 0 aliphatic heterocycles. The highest BCUT2D eigenvalue weighted by Gasteiger charge is 2.01. The summed E-state index contributed by atoms with van der Waals surface area (Å²) in [6.45, 7) is 3.98. The second-order valence-electron chi connectivity index (χ2n) is 2.58. The molecule has 0 fully saturated rings. The van der Waals surface area contributed by atoms with E-state index in [4.69, 9.17) is 0 Å². The molecule has 0 radical (unpaired) electrons. The minimum absolute atomic E-state index is 1.01. The Morgan fingerprint density at radius 2 is 2.18 bits per heavy atom. The largest absolute Gasteiger partial charge is 0.301 e. The van der Waals surface area contributed by atoms with Gasteiger partial charge in [0.2, 0.25) is 0 Å². The summed E-state index contributed by atoms with van der Waals surface area (Å²) in [6.07, 6.45) is 5.52. The third-order valence-electron chi connectivity index (χ3n) is 1.81. The number of nitrogens with zero attached hydrogens (tertiary/aromatic N) is 3. The van der Waals surface area contributed by atoms with E-state index in [9.17, 15) is 0 Å². The van der Waals surface area contributed by atoms with Gasteiger partial charge in [0.1, 0.15) is 5.82 Å². The van der Waals surface area contributed by atoms with Crippen LogP contribution >= 0.6 is 0 Å². The van der Waals surface area contributed by atoms with E-state index in [1.54, 1.807) is 6.20 Å². The van der Waals surface area contributed by atoms with E-state index in [1.807, 2.05) is 30.6 Å². The average molecular weight is 147 g/mol.